The molecule has 4 atom stereocenters. The second-order valence-corrected chi connectivity index (χ2v) is 6.68. The van der Waals surface area contributed by atoms with Gasteiger partial charge in [0, 0.05) is 17.1 Å². The molecule has 0 aliphatic carbocycles. The average Bonchev–Trinajstić information content (AvgIpc) is 2.63. The van der Waals surface area contributed by atoms with E-state index in [4.69, 9.17) is 10.5 Å². The molecule has 4 unspecified atom stereocenters. The molecule has 1 fully saturated rings. The molecule has 1 rings (SSSR count). The second kappa shape index (κ2) is 6.07. The smallest absolute Gasteiger partial charge is 0.237 e. The summed E-state index contributed by atoms with van der Waals surface area (Å²) in [6.07, 6.45) is 2.16. The van der Waals surface area contributed by atoms with Crippen LogP contribution in [-0.2, 0) is 9.53 Å². The summed E-state index contributed by atoms with van der Waals surface area (Å²) >= 11 is 1.90. The van der Waals surface area contributed by atoms with E-state index >= 15 is 0 Å². The zero-order valence-electron chi connectivity index (χ0n) is 11.2. The molecule has 4 nitrogen and oxygen atoms in total. The number of amides is 1. The van der Waals surface area contributed by atoms with Crippen LogP contribution < -0.4 is 11.1 Å². The Bertz CT molecular complexity index is 275. The van der Waals surface area contributed by atoms with E-state index in [1.54, 1.807) is 7.05 Å². The summed E-state index contributed by atoms with van der Waals surface area (Å²) in [6.45, 7) is 6.97. The molecule has 1 heterocycles. The average molecular weight is 260 g/mol. The van der Waals surface area contributed by atoms with E-state index in [9.17, 15) is 4.79 Å². The minimum absolute atomic E-state index is 0.289. The number of thioether (sulfide) groups is 1. The van der Waals surface area contributed by atoms with Gasteiger partial charge in [0.05, 0.1) is 11.6 Å². The number of nitrogens with two attached hydrogens (primary N) is 1. The van der Waals surface area contributed by atoms with Gasteiger partial charge in [-0.3, -0.25) is 4.79 Å². The van der Waals surface area contributed by atoms with Gasteiger partial charge in [-0.2, -0.15) is 11.8 Å². The monoisotopic (exact) mass is 260 g/mol. The molecule has 0 saturated carbocycles. The van der Waals surface area contributed by atoms with Gasteiger partial charge < -0.3 is 15.8 Å². The summed E-state index contributed by atoms with van der Waals surface area (Å²) in [5.41, 5.74) is 4.81. The molecular weight excluding hydrogens is 236 g/mol. The Morgan fingerprint density at radius 1 is 1.71 bits per heavy atom. The van der Waals surface area contributed by atoms with Gasteiger partial charge in [-0.05, 0) is 33.7 Å². The van der Waals surface area contributed by atoms with E-state index in [0.717, 1.165) is 19.4 Å². The van der Waals surface area contributed by atoms with Crippen LogP contribution in [0.4, 0.5) is 0 Å². The Hall–Kier alpha value is -0.260. The highest BCUT2D eigenvalue weighted by molar-refractivity contribution is 8.00. The van der Waals surface area contributed by atoms with E-state index in [1.165, 1.54) is 0 Å². The van der Waals surface area contributed by atoms with Gasteiger partial charge in [-0.1, -0.05) is 6.92 Å². The lowest BCUT2D eigenvalue weighted by Gasteiger charge is -2.29. The lowest BCUT2D eigenvalue weighted by molar-refractivity contribution is -0.123. The van der Waals surface area contributed by atoms with E-state index in [1.807, 2.05) is 18.7 Å². The molecule has 1 aliphatic heterocycles. The molecule has 1 amide bonds. The Balaban J connectivity index is 2.48. The summed E-state index contributed by atoms with van der Waals surface area (Å²) in [7, 11) is 1.78. The third-order valence-electron chi connectivity index (χ3n) is 3.51. The molecule has 3 N–H and O–H groups in total. The number of ether oxygens (including phenoxy) is 1. The predicted octanol–water partition coefficient (Wildman–Crippen LogP) is 1.14. The fourth-order valence-electron chi connectivity index (χ4n) is 2.14. The summed E-state index contributed by atoms with van der Waals surface area (Å²) in [5.74, 6) is -0.289. The highest BCUT2D eigenvalue weighted by Gasteiger charge is 2.33. The van der Waals surface area contributed by atoms with Crippen molar-refractivity contribution in [1.29, 1.82) is 0 Å². The Morgan fingerprint density at radius 3 is 2.76 bits per heavy atom. The molecule has 1 aliphatic rings. The largest absolute Gasteiger partial charge is 0.377 e. The molecule has 100 valence electrons. The lowest BCUT2D eigenvalue weighted by Crippen LogP contribution is -2.52. The van der Waals surface area contributed by atoms with Gasteiger partial charge >= 0.3 is 0 Å². The first-order valence-corrected chi connectivity index (χ1v) is 7.09. The summed E-state index contributed by atoms with van der Waals surface area (Å²) in [5, 5.41) is 3.95. The number of carbonyl (C=O) groups is 1. The number of hydrogen-bond donors (Lipinski definition) is 2. The first-order valence-electron chi connectivity index (χ1n) is 6.15. The molecule has 0 aromatic heterocycles. The summed E-state index contributed by atoms with van der Waals surface area (Å²) < 4.78 is 5.54. The zero-order valence-corrected chi connectivity index (χ0v) is 12.0. The van der Waals surface area contributed by atoms with E-state index in [0.29, 0.717) is 16.6 Å². The standard InChI is InChI=1S/C12H24N2O2S/c1-8(7-12(3,14-4)11(13)15)17-10-5-6-16-9(10)2/h8-10,14H,5-7H2,1-4H3,(H2,13,15). The normalized spacial score (nSPS) is 29.9. The first-order chi connectivity index (χ1) is 7.89. The Labute approximate surface area is 108 Å². The molecule has 0 spiro atoms. The van der Waals surface area contributed by atoms with Crippen molar-refractivity contribution in [2.45, 2.75) is 55.8 Å². The maximum absolute atomic E-state index is 11.4. The van der Waals surface area contributed by atoms with Crippen molar-refractivity contribution in [3.05, 3.63) is 0 Å². The van der Waals surface area contributed by atoms with Crippen molar-refractivity contribution in [1.82, 2.24) is 5.32 Å². The molecular formula is C12H24N2O2S. The Kier molecular flexibility index (Phi) is 5.28. The number of nitrogens with one attached hydrogen (secondary N) is 1. The van der Waals surface area contributed by atoms with E-state index in [2.05, 4.69) is 19.2 Å². The maximum Gasteiger partial charge on any atom is 0.237 e. The number of hydrogen-bond acceptors (Lipinski definition) is 4. The Morgan fingerprint density at radius 2 is 2.35 bits per heavy atom. The molecule has 0 aromatic rings. The summed E-state index contributed by atoms with van der Waals surface area (Å²) in [4.78, 5) is 11.4. The van der Waals surface area contributed by atoms with Gasteiger partial charge in [0.15, 0.2) is 0 Å². The van der Waals surface area contributed by atoms with Gasteiger partial charge in [-0.15, -0.1) is 0 Å². The number of primary amides is 1. The van der Waals surface area contributed by atoms with Crippen LogP contribution in [0.5, 0.6) is 0 Å². The minimum atomic E-state index is -0.616. The van der Waals surface area contributed by atoms with Gasteiger partial charge in [0.25, 0.3) is 0 Å². The SMILES string of the molecule is CNC(C)(CC(C)SC1CCOC1C)C(N)=O. The van der Waals surface area contributed by atoms with E-state index < -0.39 is 5.54 Å². The predicted molar refractivity (Wildman–Crippen MR) is 72.1 cm³/mol. The van der Waals surface area contributed by atoms with E-state index in [-0.39, 0.29) is 5.91 Å². The quantitative estimate of drug-likeness (QED) is 0.751. The van der Waals surface area contributed by atoms with Gasteiger partial charge in [0.2, 0.25) is 5.91 Å². The third kappa shape index (κ3) is 3.86. The topological polar surface area (TPSA) is 64.3 Å². The van der Waals surface area contributed by atoms with Crippen molar-refractivity contribution < 1.29 is 9.53 Å². The minimum Gasteiger partial charge on any atom is -0.377 e. The van der Waals surface area contributed by atoms with Crippen molar-refractivity contribution in [2.75, 3.05) is 13.7 Å². The fraction of sp³-hybridized carbons (Fsp3) is 0.917. The molecule has 1 saturated heterocycles. The maximum atomic E-state index is 11.4. The molecule has 0 bridgehead atoms. The van der Waals surface area contributed by atoms with Crippen molar-refractivity contribution in [2.24, 2.45) is 5.73 Å². The van der Waals surface area contributed by atoms with Gasteiger partial charge in [0.1, 0.15) is 0 Å². The first kappa shape index (κ1) is 14.8. The summed E-state index contributed by atoms with van der Waals surface area (Å²) in [6, 6.07) is 0. The van der Waals surface area contributed by atoms with Crippen molar-refractivity contribution in [3.63, 3.8) is 0 Å². The highest BCUT2D eigenvalue weighted by Crippen LogP contribution is 2.32. The third-order valence-corrected chi connectivity index (χ3v) is 5.10. The van der Waals surface area contributed by atoms with Crippen LogP contribution in [0.2, 0.25) is 0 Å². The second-order valence-electron chi connectivity index (χ2n) is 5.00. The van der Waals surface area contributed by atoms with Crippen LogP contribution in [0.25, 0.3) is 0 Å². The van der Waals surface area contributed by atoms with Gasteiger partial charge in [-0.25, -0.2) is 0 Å². The van der Waals surface area contributed by atoms with Crippen molar-refractivity contribution in [3.8, 4) is 0 Å². The van der Waals surface area contributed by atoms with Crippen LogP contribution in [0, 0.1) is 0 Å². The number of carbonyl (C=O) groups excluding carboxylic acids is 1. The van der Waals surface area contributed by atoms with Crippen LogP contribution in [-0.4, -0.2) is 41.7 Å². The zero-order chi connectivity index (χ0) is 13.1. The molecule has 17 heavy (non-hydrogen) atoms. The molecule has 5 heteroatoms. The van der Waals surface area contributed by atoms with Crippen molar-refractivity contribution >= 4 is 17.7 Å². The van der Waals surface area contributed by atoms with Crippen LogP contribution in [0.15, 0.2) is 0 Å². The molecule has 0 radical (unpaired) electrons. The number of rotatable bonds is 6. The number of likely N-dealkylation sites (N-methyl/N-ethyl adjacent to an activating group) is 1. The van der Waals surface area contributed by atoms with Crippen LogP contribution in [0.1, 0.15) is 33.6 Å². The van der Waals surface area contributed by atoms with Crippen LogP contribution in [0.3, 0.4) is 0 Å². The molecule has 0 aromatic carbocycles. The van der Waals surface area contributed by atoms with Crippen LogP contribution >= 0.6 is 11.8 Å². The lowest BCUT2D eigenvalue weighted by atomic mass is 9.95. The fourth-order valence-corrected chi connectivity index (χ4v) is 3.70. The highest BCUT2D eigenvalue weighted by atomic mass is 32.2.